The van der Waals surface area contributed by atoms with Gasteiger partial charge >= 0.3 is 6.92 Å². The molecule has 1 aromatic rings. The molecule has 0 saturated carbocycles. The molecule has 0 radical (unpaired) electrons. The molecule has 2 nitrogen and oxygen atoms in total. The lowest BCUT2D eigenvalue weighted by Gasteiger charge is -2.16. The minimum absolute atomic E-state index is 0.186. The van der Waals surface area contributed by atoms with Crippen LogP contribution in [0.25, 0.3) is 0 Å². The first kappa shape index (κ1) is 12.4. The van der Waals surface area contributed by atoms with Gasteiger partial charge in [0.15, 0.2) is 0 Å². The predicted octanol–water partition coefficient (Wildman–Crippen LogP) is 2.95. The molecule has 1 heterocycles. The van der Waals surface area contributed by atoms with Crippen molar-refractivity contribution in [3.05, 3.63) is 18.6 Å². The molecular formula is C12H21BO2. The second kappa shape index (κ2) is 6.01. The van der Waals surface area contributed by atoms with Gasteiger partial charge in [0.05, 0.1) is 12.5 Å². The fourth-order valence-electron chi connectivity index (χ4n) is 1.58. The molecular weight excluding hydrogens is 187 g/mol. The number of rotatable bonds is 6. The van der Waals surface area contributed by atoms with Gasteiger partial charge in [0, 0.05) is 6.10 Å². The summed E-state index contributed by atoms with van der Waals surface area (Å²) in [6.45, 7) is 8.81. The van der Waals surface area contributed by atoms with Crippen molar-refractivity contribution in [1.29, 1.82) is 0 Å². The van der Waals surface area contributed by atoms with Crippen LogP contribution in [0, 0.1) is 5.92 Å². The molecule has 1 aromatic heterocycles. The SMILES string of the molecule is CC(C)CCB(OC(C)C)c1ccoc1. The third-order valence-electron chi connectivity index (χ3n) is 2.36. The van der Waals surface area contributed by atoms with Crippen molar-refractivity contribution < 1.29 is 9.07 Å². The molecule has 0 unspecified atom stereocenters. The van der Waals surface area contributed by atoms with Crippen molar-refractivity contribution >= 4 is 12.4 Å². The average Bonchev–Trinajstić information content (AvgIpc) is 2.63. The van der Waals surface area contributed by atoms with Gasteiger partial charge in [-0.25, -0.2) is 0 Å². The van der Waals surface area contributed by atoms with Crippen LogP contribution >= 0.6 is 0 Å². The highest BCUT2D eigenvalue weighted by atomic mass is 16.4. The Morgan fingerprint density at radius 1 is 1.33 bits per heavy atom. The lowest BCUT2D eigenvalue weighted by molar-refractivity contribution is 0.246. The van der Waals surface area contributed by atoms with Crippen LogP contribution in [-0.2, 0) is 4.65 Å². The van der Waals surface area contributed by atoms with E-state index in [-0.39, 0.29) is 13.0 Å². The molecule has 0 aromatic carbocycles. The fourth-order valence-corrected chi connectivity index (χ4v) is 1.58. The van der Waals surface area contributed by atoms with E-state index >= 15 is 0 Å². The molecule has 1 rings (SSSR count). The van der Waals surface area contributed by atoms with E-state index in [0.29, 0.717) is 0 Å². The molecule has 3 heteroatoms. The number of hydrogen-bond acceptors (Lipinski definition) is 2. The van der Waals surface area contributed by atoms with Gasteiger partial charge in [-0.3, -0.25) is 0 Å². The summed E-state index contributed by atoms with van der Waals surface area (Å²) in [6.07, 6.45) is 6.00. The highest BCUT2D eigenvalue weighted by Crippen LogP contribution is 2.10. The zero-order valence-corrected chi connectivity index (χ0v) is 10.2. The summed E-state index contributed by atoms with van der Waals surface area (Å²) in [5.74, 6) is 0.718. The van der Waals surface area contributed by atoms with E-state index in [1.165, 1.54) is 6.42 Å². The monoisotopic (exact) mass is 208 g/mol. The summed E-state index contributed by atoms with van der Waals surface area (Å²) >= 11 is 0. The molecule has 0 aliphatic heterocycles. The van der Waals surface area contributed by atoms with E-state index in [1.54, 1.807) is 12.5 Å². The molecule has 0 amide bonds. The van der Waals surface area contributed by atoms with E-state index < -0.39 is 0 Å². The van der Waals surface area contributed by atoms with Crippen molar-refractivity contribution in [2.45, 2.75) is 46.5 Å². The van der Waals surface area contributed by atoms with Crippen LogP contribution in [0.1, 0.15) is 34.1 Å². The normalized spacial score (nSPS) is 11.3. The second-order valence-corrected chi connectivity index (χ2v) is 4.70. The largest absolute Gasteiger partial charge is 0.473 e. The van der Waals surface area contributed by atoms with Crippen LogP contribution in [0.15, 0.2) is 23.0 Å². The van der Waals surface area contributed by atoms with Gasteiger partial charge in [-0.05, 0) is 37.6 Å². The number of furan rings is 1. The molecule has 0 spiro atoms. The van der Waals surface area contributed by atoms with Gasteiger partial charge in [-0.1, -0.05) is 20.3 Å². The molecule has 0 fully saturated rings. The first-order valence-electron chi connectivity index (χ1n) is 5.77. The summed E-state index contributed by atoms with van der Waals surface area (Å²) < 4.78 is 11.0. The third kappa shape index (κ3) is 4.56. The predicted molar refractivity (Wildman–Crippen MR) is 64.6 cm³/mol. The van der Waals surface area contributed by atoms with Gasteiger partial charge in [0.25, 0.3) is 0 Å². The average molecular weight is 208 g/mol. The molecule has 0 aliphatic carbocycles. The maximum Gasteiger partial charge on any atom is 0.330 e. The number of hydrogen-bond donors (Lipinski definition) is 0. The quantitative estimate of drug-likeness (QED) is 0.670. The standard InChI is InChI=1S/C12H21BO2/c1-10(2)5-7-13(15-11(3)4)12-6-8-14-9-12/h6,8-11H,5,7H2,1-4H3. The van der Waals surface area contributed by atoms with Crippen LogP contribution < -0.4 is 5.46 Å². The van der Waals surface area contributed by atoms with Gasteiger partial charge in [-0.15, -0.1) is 0 Å². The first-order valence-corrected chi connectivity index (χ1v) is 5.77. The Morgan fingerprint density at radius 2 is 2.07 bits per heavy atom. The molecule has 0 aliphatic rings. The maximum absolute atomic E-state index is 5.89. The maximum atomic E-state index is 5.89. The molecule has 15 heavy (non-hydrogen) atoms. The van der Waals surface area contributed by atoms with Crippen molar-refractivity contribution in [3.63, 3.8) is 0 Å². The van der Waals surface area contributed by atoms with Crippen molar-refractivity contribution in [2.24, 2.45) is 5.92 Å². The lowest BCUT2D eigenvalue weighted by atomic mass is 9.57. The topological polar surface area (TPSA) is 22.4 Å². The Morgan fingerprint density at radius 3 is 2.53 bits per heavy atom. The highest BCUT2D eigenvalue weighted by molar-refractivity contribution is 6.67. The summed E-state index contributed by atoms with van der Waals surface area (Å²) in [5.41, 5.74) is 1.16. The lowest BCUT2D eigenvalue weighted by Crippen LogP contribution is -2.35. The van der Waals surface area contributed by atoms with Crippen molar-refractivity contribution in [3.8, 4) is 0 Å². The smallest absolute Gasteiger partial charge is 0.330 e. The van der Waals surface area contributed by atoms with Gasteiger partial charge in [0.2, 0.25) is 0 Å². The van der Waals surface area contributed by atoms with Crippen LogP contribution in [-0.4, -0.2) is 13.0 Å². The van der Waals surface area contributed by atoms with Gasteiger partial charge < -0.3 is 9.07 Å². The second-order valence-electron chi connectivity index (χ2n) is 4.70. The Labute approximate surface area is 93.1 Å². The van der Waals surface area contributed by atoms with Gasteiger partial charge in [0.1, 0.15) is 0 Å². The highest BCUT2D eigenvalue weighted by Gasteiger charge is 2.21. The van der Waals surface area contributed by atoms with E-state index in [4.69, 9.17) is 9.07 Å². The van der Waals surface area contributed by atoms with Crippen LogP contribution in [0.5, 0.6) is 0 Å². The van der Waals surface area contributed by atoms with E-state index in [2.05, 4.69) is 27.7 Å². The molecule has 84 valence electrons. The minimum atomic E-state index is 0.186. The summed E-state index contributed by atoms with van der Waals surface area (Å²) in [5, 5.41) is 0. The Balaban J connectivity index is 2.54. The Kier molecular flexibility index (Phi) is 4.96. The van der Waals surface area contributed by atoms with E-state index in [0.717, 1.165) is 17.7 Å². The summed E-state index contributed by atoms with van der Waals surface area (Å²) in [6, 6.07) is 1.99. The Hall–Kier alpha value is -0.695. The minimum Gasteiger partial charge on any atom is -0.473 e. The third-order valence-corrected chi connectivity index (χ3v) is 2.36. The molecule has 0 N–H and O–H groups in total. The summed E-state index contributed by atoms with van der Waals surface area (Å²) in [4.78, 5) is 0. The van der Waals surface area contributed by atoms with Crippen LogP contribution in [0.3, 0.4) is 0 Å². The zero-order chi connectivity index (χ0) is 11.3. The Bertz CT molecular complexity index is 255. The zero-order valence-electron chi connectivity index (χ0n) is 10.2. The van der Waals surface area contributed by atoms with Gasteiger partial charge in [-0.2, -0.15) is 0 Å². The van der Waals surface area contributed by atoms with Crippen LogP contribution in [0.2, 0.25) is 6.32 Å². The first-order chi connectivity index (χ1) is 7.09. The van der Waals surface area contributed by atoms with Crippen molar-refractivity contribution in [2.75, 3.05) is 0 Å². The fraction of sp³-hybridized carbons (Fsp3) is 0.667. The molecule has 0 bridgehead atoms. The van der Waals surface area contributed by atoms with E-state index in [9.17, 15) is 0 Å². The summed E-state index contributed by atoms with van der Waals surface area (Å²) in [7, 11) is 0. The molecule has 0 atom stereocenters. The van der Waals surface area contributed by atoms with Crippen LogP contribution in [0.4, 0.5) is 0 Å². The van der Waals surface area contributed by atoms with E-state index in [1.807, 2.05) is 6.07 Å². The van der Waals surface area contributed by atoms with Crippen molar-refractivity contribution in [1.82, 2.24) is 0 Å². The molecule has 0 saturated heterocycles.